The largest absolute Gasteiger partial charge is 0.481 e. The molecule has 1 heterocycles. The van der Waals surface area contributed by atoms with Crippen LogP contribution in [-0.2, 0) is 20.8 Å². The van der Waals surface area contributed by atoms with Crippen LogP contribution >= 0.6 is 0 Å². The molecule has 2 rings (SSSR count). The van der Waals surface area contributed by atoms with Crippen molar-refractivity contribution in [1.29, 1.82) is 0 Å². The third-order valence-corrected chi connectivity index (χ3v) is 4.99. The highest BCUT2D eigenvalue weighted by atomic mass is 16.5. The lowest BCUT2D eigenvalue weighted by atomic mass is 9.85. The number of fused-ring (bicyclic) bond motifs is 1. The van der Waals surface area contributed by atoms with Gasteiger partial charge in [0.05, 0.1) is 12.8 Å². The molecule has 1 aromatic carbocycles. The van der Waals surface area contributed by atoms with Gasteiger partial charge < -0.3 is 14.6 Å². The summed E-state index contributed by atoms with van der Waals surface area (Å²) in [6.07, 6.45) is 0.771. The van der Waals surface area contributed by atoms with E-state index in [1.54, 1.807) is 6.92 Å². The normalized spacial score (nSPS) is 18.9. The number of carbonyl (C=O) groups is 3. The molecule has 6 heteroatoms. The van der Waals surface area contributed by atoms with E-state index in [1.165, 1.54) is 6.92 Å². The predicted octanol–water partition coefficient (Wildman–Crippen LogP) is 3.05. The van der Waals surface area contributed by atoms with Crippen LogP contribution in [0.2, 0.25) is 0 Å². The Morgan fingerprint density at radius 1 is 1.12 bits per heavy atom. The van der Waals surface area contributed by atoms with Gasteiger partial charge in [0.1, 0.15) is 11.5 Å². The number of carboxylic acid groups (broad SMARTS) is 1. The molecule has 0 saturated heterocycles. The minimum absolute atomic E-state index is 0.0166. The van der Waals surface area contributed by atoms with Crippen molar-refractivity contribution in [2.45, 2.75) is 65.9 Å². The van der Waals surface area contributed by atoms with Gasteiger partial charge in [0.25, 0.3) is 0 Å². The van der Waals surface area contributed by atoms with Crippen LogP contribution < -0.4 is 9.47 Å². The second kappa shape index (κ2) is 6.86. The van der Waals surface area contributed by atoms with Crippen molar-refractivity contribution in [3.05, 3.63) is 22.3 Å². The lowest BCUT2D eigenvalue weighted by molar-refractivity contribution is -0.142. The van der Waals surface area contributed by atoms with Crippen LogP contribution in [0.4, 0.5) is 0 Å². The van der Waals surface area contributed by atoms with Crippen molar-refractivity contribution in [1.82, 2.24) is 0 Å². The summed E-state index contributed by atoms with van der Waals surface area (Å²) in [4.78, 5) is 34.4. The number of hydrogen-bond donors (Lipinski definition) is 1. The first kappa shape index (κ1) is 19.0. The van der Waals surface area contributed by atoms with E-state index in [9.17, 15) is 14.4 Å². The van der Waals surface area contributed by atoms with E-state index >= 15 is 0 Å². The van der Waals surface area contributed by atoms with Gasteiger partial charge in [-0.15, -0.1) is 0 Å². The van der Waals surface area contributed by atoms with Crippen molar-refractivity contribution in [3.8, 4) is 11.5 Å². The van der Waals surface area contributed by atoms with Crippen LogP contribution in [0.5, 0.6) is 11.5 Å². The highest BCUT2D eigenvalue weighted by Gasteiger charge is 2.38. The Bertz CT molecular complexity index is 749. The molecule has 1 N–H and O–H groups in total. The van der Waals surface area contributed by atoms with Crippen LogP contribution in [0.25, 0.3) is 0 Å². The molecule has 25 heavy (non-hydrogen) atoms. The Labute approximate surface area is 147 Å². The zero-order valence-electron chi connectivity index (χ0n) is 15.3. The van der Waals surface area contributed by atoms with Crippen LogP contribution in [0.1, 0.15) is 55.4 Å². The zero-order chi connectivity index (χ0) is 18.9. The Balaban J connectivity index is 2.38. The quantitative estimate of drug-likeness (QED) is 0.650. The van der Waals surface area contributed by atoms with E-state index in [0.29, 0.717) is 24.3 Å². The second-order valence-corrected chi connectivity index (χ2v) is 6.77. The molecule has 0 radical (unpaired) electrons. The fourth-order valence-electron chi connectivity index (χ4n) is 3.01. The molecule has 6 nitrogen and oxygen atoms in total. The first-order chi connectivity index (χ1) is 11.6. The molecule has 1 aromatic rings. The monoisotopic (exact) mass is 348 g/mol. The molecule has 1 aliphatic heterocycles. The Morgan fingerprint density at radius 2 is 1.76 bits per heavy atom. The molecular weight excluding hydrogens is 324 g/mol. The lowest BCUT2D eigenvalue weighted by Gasteiger charge is -2.36. The molecule has 0 saturated carbocycles. The third kappa shape index (κ3) is 3.67. The predicted molar refractivity (Wildman–Crippen MR) is 91.2 cm³/mol. The van der Waals surface area contributed by atoms with Gasteiger partial charge in [0.2, 0.25) is 0 Å². The number of hydrogen-bond acceptors (Lipinski definition) is 5. The second-order valence-electron chi connectivity index (χ2n) is 6.77. The van der Waals surface area contributed by atoms with E-state index < -0.39 is 17.5 Å². The van der Waals surface area contributed by atoms with Crippen molar-refractivity contribution in [2.75, 3.05) is 0 Å². The number of rotatable bonds is 5. The number of carbonyl (C=O) groups excluding carboxylic acids is 2. The van der Waals surface area contributed by atoms with Crippen molar-refractivity contribution < 1.29 is 29.0 Å². The number of aliphatic carboxylic acids is 1. The van der Waals surface area contributed by atoms with E-state index in [2.05, 4.69) is 0 Å². The van der Waals surface area contributed by atoms with E-state index in [4.69, 9.17) is 14.6 Å². The Hall–Kier alpha value is -2.37. The third-order valence-electron chi connectivity index (χ3n) is 4.99. The summed E-state index contributed by atoms with van der Waals surface area (Å²) in [6.45, 7) is 8.87. The van der Waals surface area contributed by atoms with E-state index in [0.717, 1.165) is 22.3 Å². The number of ether oxygens (including phenoxy) is 2. The summed E-state index contributed by atoms with van der Waals surface area (Å²) in [7, 11) is 0. The van der Waals surface area contributed by atoms with Crippen LogP contribution in [-0.4, -0.2) is 28.4 Å². The van der Waals surface area contributed by atoms with Gasteiger partial charge in [-0.1, -0.05) is 0 Å². The summed E-state index contributed by atoms with van der Waals surface area (Å²) >= 11 is 0. The Morgan fingerprint density at radius 3 is 2.32 bits per heavy atom. The zero-order valence-corrected chi connectivity index (χ0v) is 15.3. The topological polar surface area (TPSA) is 89.9 Å². The minimum Gasteiger partial charge on any atom is -0.481 e. The minimum atomic E-state index is -1.04. The van der Waals surface area contributed by atoms with Gasteiger partial charge in [-0.2, -0.15) is 0 Å². The number of carboxylic acids is 1. The first-order valence-corrected chi connectivity index (χ1v) is 8.32. The average molecular weight is 348 g/mol. The number of benzene rings is 1. The maximum absolute atomic E-state index is 11.9. The molecule has 0 spiro atoms. The Kier molecular flexibility index (Phi) is 5.20. The standard InChI is InChI=1S/C19H24O6/c1-10-11(2)18-14(8-9-19(5,25-18)13(4)20)12(3)17(10)24-16(23)7-6-15(21)22/h6-9H2,1-5H3,(H,21,22)/t19-/m0/s1. The van der Waals surface area contributed by atoms with Crippen LogP contribution in [0.15, 0.2) is 0 Å². The molecule has 136 valence electrons. The molecule has 1 atom stereocenters. The van der Waals surface area contributed by atoms with Gasteiger partial charge in [-0.3, -0.25) is 14.4 Å². The summed E-state index contributed by atoms with van der Waals surface area (Å²) in [5.74, 6) is -0.481. The highest BCUT2D eigenvalue weighted by Crippen LogP contribution is 2.44. The van der Waals surface area contributed by atoms with Gasteiger partial charge in [-0.25, -0.2) is 0 Å². The SMILES string of the molecule is CC(=O)[C@]1(C)CCc2c(C)c(OC(=O)CCC(=O)O)c(C)c(C)c2O1. The number of ketones is 1. The van der Waals surface area contributed by atoms with Crippen molar-refractivity contribution in [2.24, 2.45) is 0 Å². The summed E-state index contributed by atoms with van der Waals surface area (Å²) in [5.41, 5.74) is 2.48. The van der Waals surface area contributed by atoms with Crippen molar-refractivity contribution in [3.63, 3.8) is 0 Å². The van der Waals surface area contributed by atoms with Gasteiger partial charge in [0.15, 0.2) is 11.4 Å². The van der Waals surface area contributed by atoms with Gasteiger partial charge in [0, 0.05) is 5.56 Å². The molecule has 0 bridgehead atoms. The molecule has 0 aliphatic carbocycles. The van der Waals surface area contributed by atoms with Gasteiger partial charge >= 0.3 is 11.9 Å². The average Bonchev–Trinajstić information content (AvgIpc) is 2.54. The molecule has 0 amide bonds. The fourth-order valence-corrected chi connectivity index (χ4v) is 3.01. The maximum Gasteiger partial charge on any atom is 0.311 e. The summed E-state index contributed by atoms with van der Waals surface area (Å²) < 4.78 is 11.5. The molecular formula is C19H24O6. The summed E-state index contributed by atoms with van der Waals surface area (Å²) in [5, 5.41) is 8.68. The smallest absolute Gasteiger partial charge is 0.311 e. The number of esters is 1. The maximum atomic E-state index is 11.9. The van der Waals surface area contributed by atoms with Crippen LogP contribution in [0, 0.1) is 20.8 Å². The van der Waals surface area contributed by atoms with E-state index in [-0.39, 0.29) is 18.6 Å². The lowest BCUT2D eigenvalue weighted by Crippen LogP contribution is -2.43. The fraction of sp³-hybridized carbons (Fsp3) is 0.526. The molecule has 0 unspecified atom stereocenters. The number of Topliss-reactive ketones (excluding diaryl/α,β-unsaturated/α-hetero) is 1. The van der Waals surface area contributed by atoms with Crippen LogP contribution in [0.3, 0.4) is 0 Å². The summed E-state index contributed by atoms with van der Waals surface area (Å²) in [6, 6.07) is 0. The van der Waals surface area contributed by atoms with Crippen molar-refractivity contribution >= 4 is 17.7 Å². The molecule has 0 fully saturated rings. The molecule has 1 aliphatic rings. The van der Waals surface area contributed by atoms with Gasteiger partial charge in [-0.05, 0) is 64.2 Å². The first-order valence-electron chi connectivity index (χ1n) is 8.32. The highest BCUT2D eigenvalue weighted by molar-refractivity contribution is 5.85. The van der Waals surface area contributed by atoms with E-state index in [1.807, 2.05) is 20.8 Å². The molecule has 0 aromatic heterocycles.